The molecule has 1 aliphatic carbocycles. The highest BCUT2D eigenvalue weighted by molar-refractivity contribution is 6.07. The van der Waals surface area contributed by atoms with Crippen LogP contribution in [0, 0.1) is 0 Å². The van der Waals surface area contributed by atoms with Crippen molar-refractivity contribution in [1.82, 2.24) is 20.0 Å². The van der Waals surface area contributed by atoms with E-state index in [1.807, 2.05) is 12.1 Å². The molecule has 0 aromatic heterocycles. The number of carbonyl (C=O) groups is 2. The summed E-state index contributed by atoms with van der Waals surface area (Å²) in [4.78, 5) is 31.7. The van der Waals surface area contributed by atoms with Crippen LogP contribution in [-0.2, 0) is 11.3 Å². The lowest BCUT2D eigenvalue weighted by atomic mass is 9.90. The topological polar surface area (TPSA) is 74.4 Å². The fraction of sp³-hybridized carbons (Fsp3) is 0.636. The maximum absolute atomic E-state index is 13.1. The molecule has 4 aliphatic rings. The van der Waals surface area contributed by atoms with E-state index < -0.39 is 5.54 Å². The van der Waals surface area contributed by atoms with E-state index in [9.17, 15) is 9.59 Å². The maximum atomic E-state index is 13.1. The van der Waals surface area contributed by atoms with Crippen molar-refractivity contribution in [2.45, 2.75) is 50.6 Å². The average molecular weight is 415 g/mol. The number of piperazine rings is 1. The van der Waals surface area contributed by atoms with Gasteiger partial charge in [-0.1, -0.05) is 31.7 Å². The van der Waals surface area contributed by atoms with Crippen LogP contribution in [0.2, 0.25) is 0 Å². The minimum atomic E-state index is -0.644. The lowest BCUT2D eigenvalue weighted by Gasteiger charge is -2.36. The summed E-state index contributed by atoms with van der Waals surface area (Å²) in [5, 5.41) is 3.04. The third-order valence-corrected chi connectivity index (χ3v) is 6.85. The van der Waals surface area contributed by atoms with Crippen molar-refractivity contribution in [3.05, 3.63) is 23.8 Å². The Morgan fingerprint density at radius 2 is 1.60 bits per heavy atom. The molecule has 0 unspecified atom stereocenters. The number of nitrogens with one attached hydrogen (secondary N) is 1. The van der Waals surface area contributed by atoms with Crippen LogP contribution >= 0.6 is 0 Å². The van der Waals surface area contributed by atoms with Crippen molar-refractivity contribution in [3.8, 4) is 11.5 Å². The normalized spacial score (nSPS) is 24.3. The van der Waals surface area contributed by atoms with Crippen LogP contribution in [0.5, 0.6) is 11.5 Å². The summed E-state index contributed by atoms with van der Waals surface area (Å²) in [5.41, 5.74) is 0.562. The van der Waals surface area contributed by atoms with Gasteiger partial charge < -0.3 is 14.8 Å². The molecule has 1 spiro atoms. The minimum absolute atomic E-state index is 0.0165. The molecule has 3 aliphatic heterocycles. The summed E-state index contributed by atoms with van der Waals surface area (Å²) in [5.74, 6) is 1.61. The molecular formula is C22H30N4O4. The zero-order valence-electron chi connectivity index (χ0n) is 17.4. The molecule has 0 bridgehead atoms. The van der Waals surface area contributed by atoms with Gasteiger partial charge in [0.25, 0.3) is 5.91 Å². The molecule has 1 aromatic carbocycles. The van der Waals surface area contributed by atoms with Crippen molar-refractivity contribution in [1.29, 1.82) is 0 Å². The van der Waals surface area contributed by atoms with E-state index in [2.05, 4.69) is 21.2 Å². The van der Waals surface area contributed by atoms with Gasteiger partial charge in [-0.3, -0.25) is 14.6 Å². The Kier molecular flexibility index (Phi) is 5.28. The Morgan fingerprint density at radius 3 is 2.37 bits per heavy atom. The molecule has 8 nitrogen and oxygen atoms in total. The number of amides is 3. The van der Waals surface area contributed by atoms with Gasteiger partial charge in [0, 0.05) is 32.7 Å². The fourth-order valence-corrected chi connectivity index (χ4v) is 5.06. The first kappa shape index (κ1) is 19.6. The summed E-state index contributed by atoms with van der Waals surface area (Å²) in [7, 11) is 0. The molecule has 5 rings (SSSR count). The number of nitrogens with zero attached hydrogens (tertiary/aromatic N) is 3. The standard InChI is InChI=1S/C22H30N4O4/c27-20-22(7-3-1-2-4-8-22)23-21(28)26(20)15-25-11-9-24(10-12-25)14-17-5-6-18-19(13-17)30-16-29-18/h5-6,13H,1-4,7-12,14-16H2,(H,23,28). The summed E-state index contributed by atoms with van der Waals surface area (Å²) < 4.78 is 10.9. The second kappa shape index (κ2) is 8.07. The Bertz CT molecular complexity index is 813. The third-order valence-electron chi connectivity index (χ3n) is 6.85. The molecule has 1 saturated carbocycles. The van der Waals surface area contributed by atoms with E-state index >= 15 is 0 Å². The molecule has 162 valence electrons. The van der Waals surface area contributed by atoms with Gasteiger partial charge in [0.1, 0.15) is 5.54 Å². The molecule has 1 aromatic rings. The maximum Gasteiger partial charge on any atom is 0.326 e. The number of hydrogen-bond acceptors (Lipinski definition) is 6. The van der Waals surface area contributed by atoms with Crippen LogP contribution in [0.1, 0.15) is 44.1 Å². The van der Waals surface area contributed by atoms with Crippen LogP contribution in [0.3, 0.4) is 0 Å². The summed E-state index contributed by atoms with van der Waals surface area (Å²) in [6.45, 7) is 5.04. The number of carbonyl (C=O) groups excluding carboxylic acids is 2. The van der Waals surface area contributed by atoms with Crippen molar-refractivity contribution in [2.24, 2.45) is 0 Å². The summed E-state index contributed by atoms with van der Waals surface area (Å²) in [6.07, 6.45) is 5.87. The lowest BCUT2D eigenvalue weighted by molar-refractivity contribution is -0.133. The van der Waals surface area contributed by atoms with E-state index in [0.29, 0.717) is 13.5 Å². The Morgan fingerprint density at radius 1 is 0.900 bits per heavy atom. The van der Waals surface area contributed by atoms with Gasteiger partial charge >= 0.3 is 6.03 Å². The SMILES string of the molecule is O=C1NC2(CCCCCC2)C(=O)N1CN1CCN(Cc2ccc3c(c2)OCO3)CC1. The second-order valence-electron chi connectivity index (χ2n) is 8.88. The van der Waals surface area contributed by atoms with Gasteiger partial charge in [-0.25, -0.2) is 9.69 Å². The summed E-state index contributed by atoms with van der Waals surface area (Å²) >= 11 is 0. The Balaban J connectivity index is 1.14. The molecule has 30 heavy (non-hydrogen) atoms. The molecule has 1 N–H and O–H groups in total. The molecule has 8 heteroatoms. The van der Waals surface area contributed by atoms with Crippen molar-refractivity contribution in [2.75, 3.05) is 39.6 Å². The lowest BCUT2D eigenvalue weighted by Crippen LogP contribution is -2.51. The van der Waals surface area contributed by atoms with Crippen molar-refractivity contribution < 1.29 is 19.1 Å². The highest BCUT2D eigenvalue weighted by atomic mass is 16.7. The second-order valence-corrected chi connectivity index (χ2v) is 8.88. The number of urea groups is 1. The number of benzene rings is 1. The molecule has 3 amide bonds. The predicted molar refractivity (Wildman–Crippen MR) is 110 cm³/mol. The minimum Gasteiger partial charge on any atom is -0.454 e. The molecular weight excluding hydrogens is 384 g/mol. The summed E-state index contributed by atoms with van der Waals surface area (Å²) in [6, 6.07) is 5.88. The average Bonchev–Trinajstić information content (AvgIpc) is 3.20. The monoisotopic (exact) mass is 414 g/mol. The fourth-order valence-electron chi connectivity index (χ4n) is 5.06. The van der Waals surface area contributed by atoms with Crippen LogP contribution in [0.4, 0.5) is 4.79 Å². The van der Waals surface area contributed by atoms with E-state index in [0.717, 1.165) is 82.7 Å². The molecule has 2 saturated heterocycles. The van der Waals surface area contributed by atoms with E-state index in [1.54, 1.807) is 0 Å². The van der Waals surface area contributed by atoms with Crippen LogP contribution in [0.25, 0.3) is 0 Å². The Hall–Kier alpha value is -2.32. The highest BCUT2D eigenvalue weighted by Crippen LogP contribution is 2.34. The first-order chi connectivity index (χ1) is 14.6. The zero-order valence-corrected chi connectivity index (χ0v) is 17.4. The molecule has 3 heterocycles. The van der Waals surface area contributed by atoms with Gasteiger partial charge in [0.05, 0.1) is 6.67 Å². The van der Waals surface area contributed by atoms with Gasteiger partial charge in [-0.2, -0.15) is 0 Å². The Labute approximate surface area is 177 Å². The third kappa shape index (κ3) is 3.74. The van der Waals surface area contributed by atoms with Crippen LogP contribution < -0.4 is 14.8 Å². The number of ether oxygens (including phenoxy) is 2. The van der Waals surface area contributed by atoms with E-state index in [-0.39, 0.29) is 11.9 Å². The molecule has 3 fully saturated rings. The van der Waals surface area contributed by atoms with Gasteiger partial charge in [0.2, 0.25) is 6.79 Å². The van der Waals surface area contributed by atoms with Crippen LogP contribution in [0.15, 0.2) is 18.2 Å². The molecule has 0 atom stereocenters. The number of rotatable bonds is 4. The van der Waals surface area contributed by atoms with Crippen molar-refractivity contribution >= 4 is 11.9 Å². The number of hydrogen-bond donors (Lipinski definition) is 1. The number of fused-ring (bicyclic) bond motifs is 1. The number of imide groups is 1. The van der Waals surface area contributed by atoms with Gasteiger partial charge in [-0.15, -0.1) is 0 Å². The quantitative estimate of drug-likeness (QED) is 0.761. The smallest absolute Gasteiger partial charge is 0.326 e. The van der Waals surface area contributed by atoms with Crippen LogP contribution in [-0.4, -0.2) is 71.8 Å². The van der Waals surface area contributed by atoms with Gasteiger partial charge in [-0.05, 0) is 30.5 Å². The molecule has 0 radical (unpaired) electrons. The zero-order chi connectivity index (χ0) is 20.6. The van der Waals surface area contributed by atoms with Crippen molar-refractivity contribution in [3.63, 3.8) is 0 Å². The van der Waals surface area contributed by atoms with Gasteiger partial charge in [0.15, 0.2) is 11.5 Å². The van der Waals surface area contributed by atoms with E-state index in [4.69, 9.17) is 9.47 Å². The predicted octanol–water partition coefficient (Wildman–Crippen LogP) is 2.14. The first-order valence-electron chi connectivity index (χ1n) is 11.1. The highest BCUT2D eigenvalue weighted by Gasteiger charge is 2.51. The first-order valence-corrected chi connectivity index (χ1v) is 11.1. The largest absolute Gasteiger partial charge is 0.454 e. The van der Waals surface area contributed by atoms with E-state index in [1.165, 1.54) is 10.5 Å².